The van der Waals surface area contributed by atoms with Gasteiger partial charge in [-0.25, -0.2) is 0 Å². The highest BCUT2D eigenvalue weighted by Gasteiger charge is 2.32. The molecule has 3 rings (SSSR count). The third-order valence-electron chi connectivity index (χ3n) is 3.30. The molecule has 8 heteroatoms. The van der Waals surface area contributed by atoms with Crippen LogP contribution in [0.25, 0.3) is 6.08 Å². The van der Waals surface area contributed by atoms with Gasteiger partial charge in [-0.2, -0.15) is 10.1 Å². The van der Waals surface area contributed by atoms with E-state index in [4.69, 9.17) is 12.2 Å². The third kappa shape index (κ3) is 3.92. The molecule has 2 aromatic rings. The summed E-state index contributed by atoms with van der Waals surface area (Å²) in [5.74, 6) is -0.265. The summed E-state index contributed by atoms with van der Waals surface area (Å²) in [5.41, 5.74) is 0.977. The molecule has 0 radical (unpaired) electrons. The van der Waals surface area contributed by atoms with Crippen molar-refractivity contribution in [1.29, 1.82) is 0 Å². The van der Waals surface area contributed by atoms with Crippen LogP contribution in [0.1, 0.15) is 11.1 Å². The van der Waals surface area contributed by atoms with Crippen molar-refractivity contribution in [3.63, 3.8) is 0 Å². The van der Waals surface area contributed by atoms with E-state index in [1.165, 1.54) is 18.3 Å². The first-order chi connectivity index (χ1) is 12.0. The third-order valence-corrected chi connectivity index (χ3v) is 5.07. The van der Waals surface area contributed by atoms with Gasteiger partial charge in [0, 0.05) is 15.6 Å². The number of para-hydroxylation sites is 1. The topological polar surface area (TPSA) is 73.1 Å². The summed E-state index contributed by atoms with van der Waals surface area (Å²) < 4.78 is 1.06. The predicted molar refractivity (Wildman–Crippen MR) is 107 cm³/mol. The molecule has 1 heterocycles. The van der Waals surface area contributed by atoms with Gasteiger partial charge in [0.1, 0.15) is 11.5 Å². The molecule has 0 atom stereocenters. The largest absolute Gasteiger partial charge is 0.507 e. The van der Waals surface area contributed by atoms with Crippen LogP contribution in [0.2, 0.25) is 0 Å². The Kier molecular flexibility index (Phi) is 5.22. The van der Waals surface area contributed by atoms with Gasteiger partial charge in [-0.3, -0.25) is 4.79 Å². The number of thioether (sulfide) groups is 1. The number of carbonyl (C=O) groups is 1. The first kappa shape index (κ1) is 17.7. The lowest BCUT2D eigenvalue weighted by Gasteiger charge is -2.06. The van der Waals surface area contributed by atoms with Gasteiger partial charge in [0.05, 0.1) is 11.1 Å². The molecule has 0 aliphatic carbocycles. The van der Waals surface area contributed by atoms with E-state index in [9.17, 15) is 15.0 Å². The van der Waals surface area contributed by atoms with Crippen molar-refractivity contribution in [2.24, 2.45) is 5.10 Å². The maximum atomic E-state index is 12.5. The van der Waals surface area contributed by atoms with Crippen molar-refractivity contribution in [3.8, 4) is 11.5 Å². The Balaban J connectivity index is 1.86. The molecule has 0 unspecified atom stereocenters. The Hall–Kier alpha value is -2.16. The van der Waals surface area contributed by atoms with Crippen molar-refractivity contribution in [3.05, 3.63) is 63.0 Å². The van der Waals surface area contributed by atoms with E-state index in [-0.39, 0.29) is 21.7 Å². The van der Waals surface area contributed by atoms with Crippen molar-refractivity contribution < 1.29 is 15.0 Å². The first-order valence-electron chi connectivity index (χ1n) is 7.04. The molecule has 1 fully saturated rings. The standard InChI is InChI=1S/C17H11BrN2O3S2/c18-12-5-6-14(22)11(7-12)8-15-16(23)20(17(24)25-15)19-9-10-3-1-2-4-13(10)21/h1-9,21-22H. The van der Waals surface area contributed by atoms with E-state index < -0.39 is 0 Å². The summed E-state index contributed by atoms with van der Waals surface area (Å²) in [5, 5.41) is 24.8. The zero-order valence-corrected chi connectivity index (χ0v) is 15.8. The van der Waals surface area contributed by atoms with Crippen LogP contribution in [0.3, 0.4) is 0 Å². The van der Waals surface area contributed by atoms with Crippen LogP contribution in [0.5, 0.6) is 11.5 Å². The van der Waals surface area contributed by atoms with Crippen molar-refractivity contribution in [2.75, 3.05) is 0 Å². The molecule has 0 bridgehead atoms. The molecule has 126 valence electrons. The van der Waals surface area contributed by atoms with Crippen LogP contribution < -0.4 is 0 Å². The molecule has 0 spiro atoms. The Morgan fingerprint density at radius 2 is 1.84 bits per heavy atom. The van der Waals surface area contributed by atoms with E-state index in [1.807, 2.05) is 0 Å². The minimum absolute atomic E-state index is 0.0613. The second kappa shape index (κ2) is 7.38. The Bertz CT molecular complexity index is 928. The molecule has 1 amide bonds. The number of benzene rings is 2. The number of nitrogens with zero attached hydrogens (tertiary/aromatic N) is 2. The van der Waals surface area contributed by atoms with E-state index in [0.717, 1.165) is 21.2 Å². The van der Waals surface area contributed by atoms with Crippen molar-refractivity contribution >= 4 is 62.4 Å². The number of phenolic OH excluding ortho intramolecular Hbond substituents is 2. The van der Waals surface area contributed by atoms with Crippen LogP contribution in [0.15, 0.2) is 56.9 Å². The molecule has 0 aromatic heterocycles. The average Bonchev–Trinajstić information content (AvgIpc) is 2.84. The first-order valence-corrected chi connectivity index (χ1v) is 9.06. The monoisotopic (exact) mass is 434 g/mol. The van der Waals surface area contributed by atoms with Gasteiger partial charge in [-0.15, -0.1) is 0 Å². The van der Waals surface area contributed by atoms with E-state index in [1.54, 1.807) is 36.4 Å². The Morgan fingerprint density at radius 1 is 1.12 bits per heavy atom. The average molecular weight is 435 g/mol. The smallest absolute Gasteiger partial charge is 0.286 e. The second-order valence-corrected chi connectivity index (χ2v) is 7.59. The zero-order valence-electron chi connectivity index (χ0n) is 12.6. The molecule has 1 aliphatic rings. The fraction of sp³-hybridized carbons (Fsp3) is 0. The van der Waals surface area contributed by atoms with Gasteiger partial charge < -0.3 is 10.2 Å². The lowest BCUT2D eigenvalue weighted by molar-refractivity contribution is -0.122. The number of hydrogen-bond acceptors (Lipinski definition) is 6. The van der Waals surface area contributed by atoms with Gasteiger partial charge in [0.25, 0.3) is 5.91 Å². The van der Waals surface area contributed by atoms with Gasteiger partial charge in [-0.1, -0.05) is 39.8 Å². The van der Waals surface area contributed by atoms with E-state index >= 15 is 0 Å². The highest BCUT2D eigenvalue weighted by Crippen LogP contribution is 2.35. The summed E-state index contributed by atoms with van der Waals surface area (Å²) in [6.45, 7) is 0. The zero-order chi connectivity index (χ0) is 18.0. The molecular weight excluding hydrogens is 424 g/mol. The normalized spacial score (nSPS) is 16.4. The number of carbonyl (C=O) groups excluding carboxylic acids is 1. The van der Waals surface area contributed by atoms with Gasteiger partial charge in [-0.05, 0) is 48.6 Å². The van der Waals surface area contributed by atoms with E-state index in [2.05, 4.69) is 21.0 Å². The summed E-state index contributed by atoms with van der Waals surface area (Å²) in [7, 11) is 0. The number of hydrogen-bond donors (Lipinski definition) is 2. The highest BCUT2D eigenvalue weighted by atomic mass is 79.9. The minimum atomic E-state index is -0.388. The molecule has 0 saturated carbocycles. The SMILES string of the molecule is O=C1C(=Cc2cc(Br)ccc2O)SC(=S)N1N=Cc1ccccc1O. The number of hydrazone groups is 1. The second-order valence-electron chi connectivity index (χ2n) is 5.00. The number of amides is 1. The lowest BCUT2D eigenvalue weighted by Crippen LogP contribution is -2.22. The van der Waals surface area contributed by atoms with Crippen molar-refractivity contribution in [1.82, 2.24) is 5.01 Å². The quantitative estimate of drug-likeness (QED) is 0.432. The highest BCUT2D eigenvalue weighted by molar-refractivity contribution is 9.10. The summed E-state index contributed by atoms with van der Waals surface area (Å²) in [4.78, 5) is 12.9. The maximum absolute atomic E-state index is 12.5. The number of halogens is 1. The Morgan fingerprint density at radius 3 is 2.60 bits per heavy atom. The fourth-order valence-electron chi connectivity index (χ4n) is 2.06. The van der Waals surface area contributed by atoms with Gasteiger partial charge in [0.2, 0.25) is 0 Å². The Labute approximate surface area is 161 Å². The van der Waals surface area contributed by atoms with Crippen LogP contribution in [0, 0.1) is 0 Å². The van der Waals surface area contributed by atoms with Crippen LogP contribution in [0.4, 0.5) is 0 Å². The number of thiocarbonyl (C=S) groups is 1. The molecule has 2 aromatic carbocycles. The molecular formula is C17H11BrN2O3S2. The number of rotatable bonds is 3. The molecule has 25 heavy (non-hydrogen) atoms. The molecule has 2 N–H and O–H groups in total. The number of phenols is 2. The fourth-order valence-corrected chi connectivity index (χ4v) is 3.60. The molecule has 5 nitrogen and oxygen atoms in total. The summed E-state index contributed by atoms with van der Waals surface area (Å²) >= 11 is 9.62. The van der Waals surface area contributed by atoms with Crippen LogP contribution in [-0.2, 0) is 4.79 Å². The minimum Gasteiger partial charge on any atom is -0.507 e. The number of aromatic hydroxyl groups is 2. The maximum Gasteiger partial charge on any atom is 0.286 e. The molecule has 1 aliphatic heterocycles. The summed E-state index contributed by atoms with van der Waals surface area (Å²) in [6, 6.07) is 11.6. The predicted octanol–water partition coefficient (Wildman–Crippen LogP) is 4.10. The van der Waals surface area contributed by atoms with Crippen LogP contribution in [-0.4, -0.2) is 31.7 Å². The summed E-state index contributed by atoms with van der Waals surface area (Å²) in [6.07, 6.45) is 2.94. The van der Waals surface area contributed by atoms with Crippen molar-refractivity contribution in [2.45, 2.75) is 0 Å². The lowest BCUT2D eigenvalue weighted by atomic mass is 10.2. The van der Waals surface area contributed by atoms with Gasteiger partial charge >= 0.3 is 0 Å². The van der Waals surface area contributed by atoms with E-state index in [0.29, 0.717) is 16.0 Å². The van der Waals surface area contributed by atoms with Crippen LogP contribution >= 0.6 is 39.9 Å². The van der Waals surface area contributed by atoms with Gasteiger partial charge in [0.15, 0.2) is 4.32 Å². The molecule has 1 saturated heterocycles.